The monoisotopic (exact) mass is 344 g/mol. The van der Waals surface area contributed by atoms with Crippen molar-refractivity contribution in [1.82, 2.24) is 9.63 Å². The Morgan fingerprint density at radius 2 is 1.92 bits per heavy atom. The van der Waals surface area contributed by atoms with Crippen LogP contribution in [0, 0.1) is 0 Å². The molecule has 0 unspecified atom stereocenters. The molecule has 0 atom stereocenters. The van der Waals surface area contributed by atoms with E-state index >= 15 is 0 Å². The van der Waals surface area contributed by atoms with Gasteiger partial charge >= 0.3 is 5.97 Å². The van der Waals surface area contributed by atoms with Crippen molar-refractivity contribution < 1.29 is 19.2 Å². The summed E-state index contributed by atoms with van der Waals surface area (Å²) in [6.45, 7) is 5.73. The molecule has 0 spiro atoms. The molecule has 0 aliphatic heterocycles. The Morgan fingerprint density at radius 3 is 2.52 bits per heavy atom. The minimum atomic E-state index is -0.636. The highest BCUT2D eigenvalue weighted by molar-refractivity contribution is 6.27. The van der Waals surface area contributed by atoms with Crippen LogP contribution >= 0.6 is 0 Å². The molecule has 1 heterocycles. The van der Waals surface area contributed by atoms with Crippen LogP contribution in [0.25, 0.3) is 10.9 Å². The highest BCUT2D eigenvalue weighted by Crippen LogP contribution is 2.24. The van der Waals surface area contributed by atoms with Gasteiger partial charge < -0.3 is 14.5 Å². The van der Waals surface area contributed by atoms with E-state index in [4.69, 9.17) is 9.57 Å². The number of hydrogen-bond acceptors (Lipinski definition) is 5. The van der Waals surface area contributed by atoms with E-state index in [2.05, 4.69) is 0 Å². The first-order chi connectivity index (χ1) is 11.8. The van der Waals surface area contributed by atoms with E-state index in [1.54, 1.807) is 36.8 Å². The van der Waals surface area contributed by atoms with Crippen LogP contribution in [0.3, 0.4) is 0 Å². The van der Waals surface area contributed by atoms with Crippen molar-refractivity contribution in [1.29, 1.82) is 0 Å². The van der Waals surface area contributed by atoms with Gasteiger partial charge in [0.1, 0.15) is 11.7 Å². The van der Waals surface area contributed by atoms with Crippen molar-refractivity contribution in [2.45, 2.75) is 26.9 Å². The Morgan fingerprint density at radius 1 is 1.24 bits per heavy atom. The highest BCUT2D eigenvalue weighted by Gasteiger charge is 2.25. The number of carbonyl (C=O) groups is 2. The number of hydrogen-bond donors (Lipinski definition) is 0. The van der Waals surface area contributed by atoms with E-state index in [0.717, 1.165) is 10.9 Å². The number of para-hydroxylation sites is 1. The maximum atomic E-state index is 13.0. The van der Waals surface area contributed by atoms with Gasteiger partial charge in [-0.3, -0.25) is 4.79 Å². The van der Waals surface area contributed by atoms with E-state index in [1.807, 2.05) is 38.1 Å². The summed E-state index contributed by atoms with van der Waals surface area (Å²) in [5.74, 6) is -1.03. The molecule has 0 fully saturated rings. The molecular formula is C19H24N2O4. The van der Waals surface area contributed by atoms with Gasteiger partial charge in [-0.05, 0) is 26.8 Å². The van der Waals surface area contributed by atoms with Crippen LogP contribution in [-0.4, -0.2) is 48.2 Å². The number of nitrogens with zero attached hydrogens (tertiary/aromatic N) is 2. The van der Waals surface area contributed by atoms with Gasteiger partial charge in [-0.15, -0.1) is 0 Å². The lowest BCUT2D eigenvalue weighted by atomic mass is 10.0. The third kappa shape index (κ3) is 4.21. The van der Waals surface area contributed by atoms with Crippen molar-refractivity contribution in [3.63, 3.8) is 0 Å². The lowest BCUT2D eigenvalue weighted by Crippen LogP contribution is -2.20. The fourth-order valence-corrected chi connectivity index (χ4v) is 2.46. The lowest BCUT2D eigenvalue weighted by Gasteiger charge is -2.11. The average molecular weight is 344 g/mol. The normalized spacial score (nSPS) is 11.7. The second-order valence-electron chi connectivity index (χ2n) is 6.10. The third-order valence-corrected chi connectivity index (χ3v) is 3.37. The fourth-order valence-electron chi connectivity index (χ4n) is 2.46. The number of ether oxygens (including phenoxy) is 1. The van der Waals surface area contributed by atoms with Gasteiger partial charge in [0.05, 0.1) is 23.9 Å². The van der Waals surface area contributed by atoms with Gasteiger partial charge in [-0.1, -0.05) is 18.2 Å². The fraction of sp³-hybridized carbons (Fsp3) is 0.368. The molecule has 0 saturated heterocycles. The molecular weight excluding hydrogens is 320 g/mol. The van der Waals surface area contributed by atoms with Gasteiger partial charge in [-0.2, -0.15) is 4.73 Å². The van der Waals surface area contributed by atoms with Gasteiger partial charge in [0.25, 0.3) is 0 Å². The van der Waals surface area contributed by atoms with Gasteiger partial charge in [-0.25, -0.2) is 4.79 Å². The highest BCUT2D eigenvalue weighted by atomic mass is 16.7. The summed E-state index contributed by atoms with van der Waals surface area (Å²) < 4.78 is 6.61. The molecule has 0 amide bonds. The minimum absolute atomic E-state index is 0.0145. The van der Waals surface area contributed by atoms with Crippen LogP contribution in [0.5, 0.6) is 0 Å². The molecule has 2 rings (SSSR count). The van der Waals surface area contributed by atoms with Crippen molar-refractivity contribution in [2.24, 2.45) is 0 Å². The number of fused-ring (bicyclic) bond motifs is 1. The van der Waals surface area contributed by atoms with Crippen LogP contribution in [-0.2, 0) is 9.53 Å². The van der Waals surface area contributed by atoms with Crippen molar-refractivity contribution in [2.75, 3.05) is 20.7 Å². The molecule has 2 aromatic rings. The first-order valence-corrected chi connectivity index (χ1v) is 8.22. The van der Waals surface area contributed by atoms with E-state index in [0.29, 0.717) is 5.56 Å². The van der Waals surface area contributed by atoms with E-state index < -0.39 is 11.8 Å². The molecule has 1 aromatic carbocycles. The second-order valence-corrected chi connectivity index (χ2v) is 6.10. The Hall–Kier alpha value is -2.76. The molecule has 0 N–H and O–H groups in total. The van der Waals surface area contributed by atoms with Crippen LogP contribution in [0.1, 0.15) is 31.1 Å². The zero-order valence-electron chi connectivity index (χ0n) is 15.3. The first kappa shape index (κ1) is 18.6. The molecule has 25 heavy (non-hydrogen) atoms. The number of Topliss-reactive ketones (excluding diaryl/α,β-unsaturated/α-hetero) is 1. The van der Waals surface area contributed by atoms with Crippen LogP contribution in [0.2, 0.25) is 0 Å². The standard InChI is InChI=1S/C19H24N2O4/c1-6-24-19(23)16(11-20(4)5)18(22)15-12-21(25-13(2)3)17-10-8-7-9-14(15)17/h7-13H,6H2,1-5H3/b16-11+. The summed E-state index contributed by atoms with van der Waals surface area (Å²) in [6, 6.07) is 7.42. The van der Waals surface area contributed by atoms with Crippen LogP contribution in [0.15, 0.2) is 42.2 Å². The Labute approximate surface area is 147 Å². The topological polar surface area (TPSA) is 60.8 Å². The predicted molar refractivity (Wildman–Crippen MR) is 96.4 cm³/mol. The maximum Gasteiger partial charge on any atom is 0.343 e. The van der Waals surface area contributed by atoms with Crippen LogP contribution in [0.4, 0.5) is 0 Å². The first-order valence-electron chi connectivity index (χ1n) is 8.22. The summed E-state index contributed by atoms with van der Waals surface area (Å²) in [4.78, 5) is 32.7. The molecule has 0 bridgehead atoms. The summed E-state index contributed by atoms with van der Waals surface area (Å²) in [7, 11) is 3.50. The van der Waals surface area contributed by atoms with Crippen molar-refractivity contribution >= 4 is 22.7 Å². The molecule has 0 aliphatic carbocycles. The van der Waals surface area contributed by atoms with E-state index in [-0.39, 0.29) is 18.3 Å². The SMILES string of the molecule is CCOC(=O)/C(=C/N(C)C)C(=O)c1cn(OC(C)C)c2ccccc12. The summed E-state index contributed by atoms with van der Waals surface area (Å²) in [6.07, 6.45) is 3.05. The van der Waals surface area contributed by atoms with Crippen molar-refractivity contribution in [3.8, 4) is 0 Å². The molecule has 134 valence electrons. The molecule has 6 nitrogen and oxygen atoms in total. The summed E-state index contributed by atoms with van der Waals surface area (Å²) in [5.41, 5.74) is 1.16. The largest absolute Gasteiger partial charge is 0.462 e. The summed E-state index contributed by atoms with van der Waals surface area (Å²) >= 11 is 0. The Balaban J connectivity index is 2.55. The van der Waals surface area contributed by atoms with Crippen LogP contribution < -0.4 is 4.84 Å². The maximum absolute atomic E-state index is 13.0. The van der Waals surface area contributed by atoms with Gasteiger partial charge in [0, 0.05) is 25.7 Å². The van der Waals surface area contributed by atoms with Crippen molar-refractivity contribution in [3.05, 3.63) is 47.8 Å². The third-order valence-electron chi connectivity index (χ3n) is 3.37. The number of esters is 1. The summed E-state index contributed by atoms with van der Waals surface area (Å²) in [5, 5.41) is 0.724. The van der Waals surface area contributed by atoms with Gasteiger partial charge in [0.15, 0.2) is 0 Å². The number of aromatic nitrogens is 1. The van der Waals surface area contributed by atoms with E-state index in [9.17, 15) is 9.59 Å². The Bertz CT molecular complexity index is 803. The second kappa shape index (κ2) is 7.88. The zero-order chi connectivity index (χ0) is 18.6. The number of carbonyl (C=O) groups excluding carboxylic acids is 2. The quantitative estimate of drug-likeness (QED) is 0.254. The smallest absolute Gasteiger partial charge is 0.343 e. The average Bonchev–Trinajstić information content (AvgIpc) is 2.90. The molecule has 6 heteroatoms. The minimum Gasteiger partial charge on any atom is -0.462 e. The lowest BCUT2D eigenvalue weighted by molar-refractivity contribution is -0.138. The number of benzene rings is 1. The molecule has 0 aliphatic rings. The zero-order valence-corrected chi connectivity index (χ0v) is 15.3. The Kier molecular flexibility index (Phi) is 5.85. The number of ketones is 1. The number of rotatable bonds is 7. The van der Waals surface area contributed by atoms with Gasteiger partial charge in [0.2, 0.25) is 5.78 Å². The molecule has 0 saturated carbocycles. The van der Waals surface area contributed by atoms with E-state index in [1.165, 1.54) is 6.20 Å². The molecule has 1 aromatic heterocycles. The predicted octanol–water partition coefficient (Wildman–Crippen LogP) is 2.67. The molecule has 0 radical (unpaired) electrons.